The summed E-state index contributed by atoms with van der Waals surface area (Å²) in [4.78, 5) is 23.1. The largest absolute Gasteiger partial charge is 0.395 e. The fourth-order valence-corrected chi connectivity index (χ4v) is 2.08. The first-order valence-corrected chi connectivity index (χ1v) is 7.85. The molecule has 0 aromatic heterocycles. The predicted octanol–water partition coefficient (Wildman–Crippen LogP) is 3.17. The highest BCUT2D eigenvalue weighted by Gasteiger charge is 2.66. The molecule has 0 aliphatic rings. The Morgan fingerprint density at radius 2 is 0.929 bits per heavy atom. The molecule has 0 aliphatic heterocycles. The summed E-state index contributed by atoms with van der Waals surface area (Å²) in [5.41, 5.74) is 0.379. The molecular weight excluding hydrogens is 390 g/mol. The lowest BCUT2D eigenvalue weighted by molar-refractivity contribution is -0.211. The zero-order valence-electron chi connectivity index (χ0n) is 14.1. The van der Waals surface area contributed by atoms with Gasteiger partial charge in [0, 0.05) is 13.1 Å². The van der Waals surface area contributed by atoms with Crippen LogP contribution in [0.5, 0.6) is 0 Å². The number of halogens is 6. The van der Waals surface area contributed by atoms with Gasteiger partial charge in [0.25, 0.3) is 11.8 Å². The van der Waals surface area contributed by atoms with Crippen LogP contribution in [-0.4, -0.2) is 23.7 Å². The number of nitrogens with one attached hydrogen (secondary N) is 2. The molecular formula is C18H14F6N2O2. The average molecular weight is 404 g/mol. The van der Waals surface area contributed by atoms with Crippen molar-refractivity contribution in [3.05, 3.63) is 71.3 Å². The highest BCUT2D eigenvalue weighted by Crippen LogP contribution is 2.35. The van der Waals surface area contributed by atoms with E-state index in [0.29, 0.717) is 0 Å². The van der Waals surface area contributed by atoms with E-state index in [2.05, 4.69) is 0 Å². The van der Waals surface area contributed by atoms with Crippen molar-refractivity contribution in [3.8, 4) is 0 Å². The molecule has 0 radical (unpaired) electrons. The maximum absolute atomic E-state index is 13.9. The van der Waals surface area contributed by atoms with Crippen molar-refractivity contribution in [3.63, 3.8) is 0 Å². The molecule has 28 heavy (non-hydrogen) atoms. The molecule has 150 valence electrons. The minimum atomic E-state index is -5.33. The Morgan fingerprint density at radius 3 is 1.21 bits per heavy atom. The minimum Gasteiger partial charge on any atom is -0.347 e. The summed E-state index contributed by atoms with van der Waals surface area (Å²) in [7, 11) is 0. The SMILES string of the molecule is O=C(NCc1ccc(F)cc1)C(F)(F)C(F)(F)C(=O)NCc1ccc(F)cc1. The normalized spacial score (nSPS) is 11.8. The molecule has 0 heterocycles. The zero-order valence-corrected chi connectivity index (χ0v) is 14.1. The van der Waals surface area contributed by atoms with Gasteiger partial charge in [-0.2, -0.15) is 17.6 Å². The van der Waals surface area contributed by atoms with E-state index in [1.54, 1.807) is 10.6 Å². The molecule has 0 unspecified atom stereocenters. The van der Waals surface area contributed by atoms with Crippen molar-refractivity contribution >= 4 is 11.8 Å². The van der Waals surface area contributed by atoms with Gasteiger partial charge in [0.15, 0.2) is 0 Å². The molecule has 0 saturated carbocycles. The lowest BCUT2D eigenvalue weighted by atomic mass is 10.1. The van der Waals surface area contributed by atoms with Crippen LogP contribution in [-0.2, 0) is 22.7 Å². The second-order valence-corrected chi connectivity index (χ2v) is 5.77. The molecule has 2 aromatic rings. The fourth-order valence-electron chi connectivity index (χ4n) is 2.08. The van der Waals surface area contributed by atoms with E-state index in [1.165, 1.54) is 24.3 Å². The standard InChI is InChI=1S/C18H14F6N2O2/c19-13-5-1-11(2-6-13)9-25-15(27)17(21,22)18(23,24)16(28)26-10-12-3-7-14(20)8-4-12/h1-8H,9-10H2,(H,25,27)(H,26,28). The molecule has 0 atom stereocenters. The minimum absolute atomic E-state index is 0.189. The van der Waals surface area contributed by atoms with Gasteiger partial charge < -0.3 is 10.6 Å². The number of carbonyl (C=O) groups is 2. The summed E-state index contributed by atoms with van der Waals surface area (Å²) in [6.45, 7) is -1.13. The maximum Gasteiger partial charge on any atom is 0.395 e. The number of amides is 2. The van der Waals surface area contributed by atoms with Gasteiger partial charge in [-0.1, -0.05) is 24.3 Å². The van der Waals surface area contributed by atoms with Gasteiger partial charge in [0.05, 0.1) is 0 Å². The highest BCUT2D eigenvalue weighted by atomic mass is 19.3. The van der Waals surface area contributed by atoms with Gasteiger partial charge >= 0.3 is 11.8 Å². The van der Waals surface area contributed by atoms with Crippen LogP contribution in [0, 0.1) is 11.6 Å². The van der Waals surface area contributed by atoms with Crippen LogP contribution in [0.1, 0.15) is 11.1 Å². The van der Waals surface area contributed by atoms with Crippen LogP contribution in [0.15, 0.2) is 48.5 Å². The fraction of sp³-hybridized carbons (Fsp3) is 0.222. The van der Waals surface area contributed by atoms with Crippen LogP contribution < -0.4 is 10.6 Å². The van der Waals surface area contributed by atoms with E-state index < -0.39 is 48.4 Å². The molecule has 0 fully saturated rings. The monoisotopic (exact) mass is 404 g/mol. The quantitative estimate of drug-likeness (QED) is 0.697. The van der Waals surface area contributed by atoms with Crippen LogP contribution in [0.25, 0.3) is 0 Å². The van der Waals surface area contributed by atoms with E-state index in [9.17, 15) is 35.9 Å². The van der Waals surface area contributed by atoms with E-state index in [4.69, 9.17) is 0 Å². The van der Waals surface area contributed by atoms with E-state index in [-0.39, 0.29) is 11.1 Å². The topological polar surface area (TPSA) is 58.2 Å². The van der Waals surface area contributed by atoms with Crippen molar-refractivity contribution < 1.29 is 35.9 Å². The van der Waals surface area contributed by atoms with Gasteiger partial charge in [0.1, 0.15) is 11.6 Å². The van der Waals surface area contributed by atoms with Gasteiger partial charge in [-0.15, -0.1) is 0 Å². The first-order chi connectivity index (χ1) is 13.0. The first-order valence-electron chi connectivity index (χ1n) is 7.85. The van der Waals surface area contributed by atoms with E-state index >= 15 is 0 Å². The van der Waals surface area contributed by atoms with Gasteiger partial charge in [-0.05, 0) is 35.4 Å². The third-order valence-electron chi connectivity index (χ3n) is 3.70. The van der Waals surface area contributed by atoms with Crippen LogP contribution in [0.3, 0.4) is 0 Å². The van der Waals surface area contributed by atoms with Crippen molar-refractivity contribution in [1.82, 2.24) is 10.6 Å². The zero-order chi connectivity index (χ0) is 20.9. The first kappa shape index (κ1) is 21.3. The predicted molar refractivity (Wildman–Crippen MR) is 86.4 cm³/mol. The van der Waals surface area contributed by atoms with Crippen LogP contribution in [0.4, 0.5) is 26.3 Å². The average Bonchev–Trinajstić information content (AvgIpc) is 2.66. The van der Waals surface area contributed by atoms with Crippen molar-refractivity contribution in [1.29, 1.82) is 0 Å². The molecule has 2 N–H and O–H groups in total. The van der Waals surface area contributed by atoms with Crippen molar-refractivity contribution in [2.24, 2.45) is 0 Å². The summed E-state index contributed by atoms with van der Waals surface area (Å²) in [6.07, 6.45) is 0. The van der Waals surface area contributed by atoms with Gasteiger partial charge in [-0.3, -0.25) is 9.59 Å². The molecule has 4 nitrogen and oxygen atoms in total. The third-order valence-corrected chi connectivity index (χ3v) is 3.70. The Bertz CT molecular complexity index is 767. The molecule has 2 rings (SSSR count). The molecule has 2 amide bonds. The number of hydrogen-bond donors (Lipinski definition) is 2. The smallest absolute Gasteiger partial charge is 0.347 e. The Hall–Kier alpha value is -3.04. The lowest BCUT2D eigenvalue weighted by Gasteiger charge is -2.24. The Labute approximate surface area is 155 Å². The van der Waals surface area contributed by atoms with Crippen LogP contribution in [0.2, 0.25) is 0 Å². The van der Waals surface area contributed by atoms with Crippen LogP contribution >= 0.6 is 0 Å². The lowest BCUT2D eigenvalue weighted by Crippen LogP contribution is -2.59. The number of benzene rings is 2. The molecule has 0 bridgehead atoms. The number of hydrogen-bond acceptors (Lipinski definition) is 2. The summed E-state index contributed by atoms with van der Waals surface area (Å²) >= 11 is 0. The highest BCUT2D eigenvalue weighted by molar-refractivity contribution is 5.95. The Balaban J connectivity index is 1.99. The Morgan fingerprint density at radius 1 is 0.643 bits per heavy atom. The van der Waals surface area contributed by atoms with Crippen molar-refractivity contribution in [2.45, 2.75) is 24.9 Å². The molecule has 0 aliphatic carbocycles. The van der Waals surface area contributed by atoms with Crippen molar-refractivity contribution in [2.75, 3.05) is 0 Å². The number of rotatable bonds is 7. The molecule has 0 saturated heterocycles. The second-order valence-electron chi connectivity index (χ2n) is 5.77. The number of alkyl halides is 4. The Kier molecular flexibility index (Phi) is 6.32. The summed E-state index contributed by atoms with van der Waals surface area (Å²) < 4.78 is 81.0. The van der Waals surface area contributed by atoms with Gasteiger partial charge in [0.2, 0.25) is 0 Å². The molecule has 0 spiro atoms. The third kappa shape index (κ3) is 4.81. The molecule has 2 aromatic carbocycles. The number of carbonyl (C=O) groups excluding carboxylic acids is 2. The van der Waals surface area contributed by atoms with E-state index in [1.807, 2.05) is 0 Å². The summed E-state index contributed by atoms with van der Waals surface area (Å²) in [6, 6.07) is 8.66. The summed E-state index contributed by atoms with van der Waals surface area (Å²) in [5.74, 6) is -16.6. The maximum atomic E-state index is 13.9. The van der Waals surface area contributed by atoms with E-state index in [0.717, 1.165) is 24.3 Å². The van der Waals surface area contributed by atoms with Gasteiger partial charge in [-0.25, -0.2) is 8.78 Å². The summed E-state index contributed by atoms with van der Waals surface area (Å²) in [5, 5.41) is 3.17. The molecule has 10 heteroatoms. The second kappa shape index (κ2) is 8.32.